The van der Waals surface area contributed by atoms with Gasteiger partial charge in [-0.05, 0) is 86.0 Å². The quantitative estimate of drug-likeness (QED) is 0.339. The standard InChI is InChI=1S/C29H33ClN2O3S/c1-5-21(4)32(29(34)23-9-7-6-8-19(23)2)17-28(33)31-14-12-27-24(13-15-36-27)26(31)18-35-22-10-11-25(30)20(3)16-22/h6-11,13,15-16,21,26H,5,12,14,17-18H2,1-4H3/t21-,26-/m1/s1. The molecule has 3 aromatic rings. The lowest BCUT2D eigenvalue weighted by Gasteiger charge is -2.38. The zero-order chi connectivity index (χ0) is 25.8. The Labute approximate surface area is 222 Å². The smallest absolute Gasteiger partial charge is 0.254 e. The number of halogens is 1. The van der Waals surface area contributed by atoms with Crippen LogP contribution in [0.1, 0.15) is 58.2 Å². The average molecular weight is 525 g/mol. The van der Waals surface area contributed by atoms with Crippen molar-refractivity contribution >= 4 is 34.8 Å². The maximum atomic E-state index is 13.8. The molecule has 2 amide bonds. The van der Waals surface area contributed by atoms with Crippen molar-refractivity contribution in [2.24, 2.45) is 0 Å². The van der Waals surface area contributed by atoms with E-state index in [4.69, 9.17) is 16.3 Å². The van der Waals surface area contributed by atoms with Crippen LogP contribution in [0.3, 0.4) is 0 Å². The van der Waals surface area contributed by atoms with E-state index in [1.807, 2.05) is 75.1 Å². The highest BCUT2D eigenvalue weighted by atomic mass is 35.5. The molecule has 0 aliphatic carbocycles. The fourth-order valence-electron chi connectivity index (χ4n) is 4.61. The van der Waals surface area contributed by atoms with E-state index in [1.165, 1.54) is 4.88 Å². The van der Waals surface area contributed by atoms with Crippen molar-refractivity contribution < 1.29 is 14.3 Å². The van der Waals surface area contributed by atoms with Crippen molar-refractivity contribution in [2.45, 2.75) is 52.6 Å². The number of amides is 2. The summed E-state index contributed by atoms with van der Waals surface area (Å²) in [5.41, 5.74) is 3.63. The molecule has 0 saturated carbocycles. The summed E-state index contributed by atoms with van der Waals surface area (Å²) in [4.78, 5) is 32.2. The van der Waals surface area contributed by atoms with E-state index in [1.54, 1.807) is 16.2 Å². The molecule has 0 spiro atoms. The van der Waals surface area contributed by atoms with Crippen LogP contribution in [0.5, 0.6) is 5.75 Å². The molecule has 1 aromatic heterocycles. The van der Waals surface area contributed by atoms with Crippen molar-refractivity contribution in [3.8, 4) is 5.75 Å². The Morgan fingerprint density at radius 1 is 1.17 bits per heavy atom. The maximum Gasteiger partial charge on any atom is 0.254 e. The largest absolute Gasteiger partial charge is 0.491 e. The SMILES string of the molecule is CC[C@@H](C)N(CC(=O)N1CCc2sccc2[C@H]1COc1ccc(Cl)c(C)c1)C(=O)c1ccccc1C. The van der Waals surface area contributed by atoms with Crippen LogP contribution in [-0.2, 0) is 11.2 Å². The van der Waals surface area contributed by atoms with E-state index in [0.717, 1.165) is 35.3 Å². The molecule has 1 aliphatic heterocycles. The van der Waals surface area contributed by atoms with Gasteiger partial charge in [0.25, 0.3) is 5.91 Å². The predicted octanol–water partition coefficient (Wildman–Crippen LogP) is 6.46. The summed E-state index contributed by atoms with van der Waals surface area (Å²) >= 11 is 7.89. The van der Waals surface area contributed by atoms with Gasteiger partial charge in [0.05, 0.1) is 6.04 Å². The number of ether oxygens (including phenoxy) is 1. The monoisotopic (exact) mass is 524 g/mol. The van der Waals surface area contributed by atoms with Gasteiger partial charge in [-0.15, -0.1) is 11.3 Å². The van der Waals surface area contributed by atoms with Crippen LogP contribution in [0.4, 0.5) is 0 Å². The van der Waals surface area contributed by atoms with Crippen molar-refractivity contribution in [1.82, 2.24) is 9.80 Å². The minimum atomic E-state index is -0.212. The normalized spacial score (nSPS) is 15.8. The zero-order valence-electron chi connectivity index (χ0n) is 21.3. The number of hydrogen-bond donors (Lipinski definition) is 0. The number of aryl methyl sites for hydroxylation is 2. The zero-order valence-corrected chi connectivity index (χ0v) is 22.9. The van der Waals surface area contributed by atoms with Crippen molar-refractivity contribution in [1.29, 1.82) is 0 Å². The molecule has 2 heterocycles. The van der Waals surface area contributed by atoms with Gasteiger partial charge in [-0.1, -0.05) is 36.7 Å². The summed E-state index contributed by atoms with van der Waals surface area (Å²) in [5.74, 6) is 0.561. The molecule has 4 rings (SSSR count). The number of thiophene rings is 1. The first-order valence-electron chi connectivity index (χ1n) is 12.4. The van der Waals surface area contributed by atoms with Gasteiger partial charge in [-0.25, -0.2) is 0 Å². The first-order chi connectivity index (χ1) is 17.3. The molecule has 1 aliphatic rings. The Morgan fingerprint density at radius 2 is 1.94 bits per heavy atom. The number of carbonyl (C=O) groups excluding carboxylic acids is 2. The lowest BCUT2D eigenvalue weighted by atomic mass is 10.00. The van der Waals surface area contributed by atoms with Crippen LogP contribution >= 0.6 is 22.9 Å². The summed E-state index contributed by atoms with van der Waals surface area (Å²) in [5, 5.41) is 2.77. The minimum Gasteiger partial charge on any atom is -0.491 e. The number of fused-ring (bicyclic) bond motifs is 1. The summed E-state index contributed by atoms with van der Waals surface area (Å²) in [6.07, 6.45) is 1.58. The Bertz CT molecular complexity index is 1240. The van der Waals surface area contributed by atoms with Gasteiger partial charge in [0, 0.05) is 28.0 Å². The van der Waals surface area contributed by atoms with E-state index < -0.39 is 0 Å². The highest BCUT2D eigenvalue weighted by molar-refractivity contribution is 7.10. The second kappa shape index (κ2) is 11.5. The third-order valence-corrected chi connectivity index (χ3v) is 8.44. The summed E-state index contributed by atoms with van der Waals surface area (Å²) in [6.45, 7) is 8.89. The molecule has 0 saturated heterocycles. The molecule has 0 radical (unpaired) electrons. The highest BCUT2D eigenvalue weighted by Gasteiger charge is 2.34. The molecule has 0 N–H and O–H groups in total. The lowest BCUT2D eigenvalue weighted by molar-refractivity contribution is -0.136. The number of rotatable bonds is 8. The van der Waals surface area contributed by atoms with Crippen LogP contribution in [-0.4, -0.2) is 47.4 Å². The van der Waals surface area contributed by atoms with Crippen molar-refractivity contribution in [3.63, 3.8) is 0 Å². The van der Waals surface area contributed by atoms with Crippen LogP contribution in [0.25, 0.3) is 0 Å². The molecule has 0 fully saturated rings. The molecular weight excluding hydrogens is 492 g/mol. The van der Waals surface area contributed by atoms with E-state index in [9.17, 15) is 9.59 Å². The third kappa shape index (κ3) is 5.60. The van der Waals surface area contributed by atoms with E-state index in [2.05, 4.69) is 11.4 Å². The first kappa shape index (κ1) is 26.2. The maximum absolute atomic E-state index is 13.8. The number of benzene rings is 2. The first-order valence-corrected chi connectivity index (χ1v) is 13.7. The van der Waals surface area contributed by atoms with Crippen molar-refractivity contribution in [3.05, 3.63) is 86.1 Å². The number of nitrogens with zero attached hydrogens (tertiary/aromatic N) is 2. The number of carbonyl (C=O) groups is 2. The topological polar surface area (TPSA) is 49.9 Å². The van der Waals surface area contributed by atoms with Crippen molar-refractivity contribution in [2.75, 3.05) is 19.7 Å². The fraction of sp³-hybridized carbons (Fsp3) is 0.379. The summed E-state index contributed by atoms with van der Waals surface area (Å²) < 4.78 is 6.17. The Balaban J connectivity index is 1.56. The van der Waals surface area contributed by atoms with Gasteiger partial charge in [0.1, 0.15) is 18.9 Å². The molecule has 2 atom stereocenters. The van der Waals surface area contributed by atoms with Gasteiger partial charge in [0.15, 0.2) is 0 Å². The minimum absolute atomic E-state index is 0.0399. The second-order valence-electron chi connectivity index (χ2n) is 9.38. The molecular formula is C29H33ClN2O3S. The lowest BCUT2D eigenvalue weighted by Crippen LogP contribution is -2.50. The van der Waals surface area contributed by atoms with Gasteiger partial charge in [-0.2, -0.15) is 0 Å². The van der Waals surface area contributed by atoms with Crippen LogP contribution in [0.15, 0.2) is 53.9 Å². The second-order valence-corrected chi connectivity index (χ2v) is 10.8. The molecule has 7 heteroatoms. The predicted molar refractivity (Wildman–Crippen MR) is 146 cm³/mol. The third-order valence-electron chi connectivity index (χ3n) is 7.02. The highest BCUT2D eigenvalue weighted by Crippen LogP contribution is 2.34. The van der Waals surface area contributed by atoms with Crippen LogP contribution in [0, 0.1) is 13.8 Å². The van der Waals surface area contributed by atoms with Gasteiger partial charge >= 0.3 is 0 Å². The number of hydrogen-bond acceptors (Lipinski definition) is 4. The van der Waals surface area contributed by atoms with E-state index >= 15 is 0 Å². The molecule has 36 heavy (non-hydrogen) atoms. The average Bonchev–Trinajstić information content (AvgIpc) is 3.36. The molecule has 0 bridgehead atoms. The Hall–Kier alpha value is -2.83. The van der Waals surface area contributed by atoms with Gasteiger partial charge in [0.2, 0.25) is 5.91 Å². The van der Waals surface area contributed by atoms with E-state index in [-0.39, 0.29) is 30.4 Å². The fourth-order valence-corrected chi connectivity index (χ4v) is 5.65. The Morgan fingerprint density at radius 3 is 2.67 bits per heavy atom. The van der Waals surface area contributed by atoms with Gasteiger partial charge in [-0.3, -0.25) is 9.59 Å². The summed E-state index contributed by atoms with van der Waals surface area (Å²) in [7, 11) is 0. The van der Waals surface area contributed by atoms with Crippen LogP contribution < -0.4 is 4.74 Å². The molecule has 0 unspecified atom stereocenters. The van der Waals surface area contributed by atoms with E-state index in [0.29, 0.717) is 23.7 Å². The van der Waals surface area contributed by atoms with Gasteiger partial charge < -0.3 is 14.5 Å². The molecule has 5 nitrogen and oxygen atoms in total. The Kier molecular flexibility index (Phi) is 8.37. The van der Waals surface area contributed by atoms with Crippen LogP contribution in [0.2, 0.25) is 5.02 Å². The molecule has 190 valence electrons. The summed E-state index contributed by atoms with van der Waals surface area (Å²) in [6, 6.07) is 15.0. The molecule has 2 aromatic carbocycles.